The summed E-state index contributed by atoms with van der Waals surface area (Å²) < 4.78 is 1.39. The molecule has 1 heterocycles. The minimum Gasteiger partial charge on any atom is -0.382 e. The average Bonchev–Trinajstić information content (AvgIpc) is 2.30. The first-order valence-corrected chi connectivity index (χ1v) is 6.67. The monoisotopic (exact) mass is 271 g/mol. The summed E-state index contributed by atoms with van der Waals surface area (Å²) in [7, 11) is 0. The van der Waals surface area contributed by atoms with E-state index >= 15 is 0 Å². The Morgan fingerprint density at radius 2 is 2.11 bits per heavy atom. The van der Waals surface area contributed by atoms with Crippen LogP contribution in [-0.2, 0) is 0 Å². The second-order valence-corrected chi connectivity index (χ2v) is 5.96. The van der Waals surface area contributed by atoms with E-state index in [1.54, 1.807) is 6.20 Å². The Balaban J connectivity index is 2.93. The summed E-state index contributed by atoms with van der Waals surface area (Å²) in [5, 5.41) is 7.54. The SMILES string of the molecule is CCC(C)(C)CNc1cnn(C(C)C)c(=O)c1Cl. The molecule has 0 saturated carbocycles. The van der Waals surface area contributed by atoms with Gasteiger partial charge in [-0.2, -0.15) is 5.10 Å². The standard InChI is InChI=1S/C13H22ClN3O/c1-6-13(4,5)8-15-10-7-16-17(9(2)3)12(18)11(10)14/h7,9,15H,6,8H2,1-5H3. The van der Waals surface area contributed by atoms with Crippen LogP contribution in [0, 0.1) is 5.41 Å². The lowest BCUT2D eigenvalue weighted by Gasteiger charge is -2.23. The van der Waals surface area contributed by atoms with Crippen molar-refractivity contribution >= 4 is 17.3 Å². The fourth-order valence-electron chi connectivity index (χ4n) is 1.40. The highest BCUT2D eigenvalue weighted by Crippen LogP contribution is 2.22. The molecule has 102 valence electrons. The Morgan fingerprint density at radius 3 is 2.61 bits per heavy atom. The summed E-state index contributed by atoms with van der Waals surface area (Å²) in [6.45, 7) is 11.0. The second kappa shape index (κ2) is 5.74. The molecule has 4 nitrogen and oxygen atoms in total. The summed E-state index contributed by atoms with van der Waals surface area (Å²) in [6.07, 6.45) is 2.67. The number of aromatic nitrogens is 2. The van der Waals surface area contributed by atoms with Gasteiger partial charge >= 0.3 is 0 Å². The number of nitrogens with one attached hydrogen (secondary N) is 1. The van der Waals surface area contributed by atoms with Crippen LogP contribution in [0.15, 0.2) is 11.0 Å². The molecule has 0 amide bonds. The summed E-state index contributed by atoms with van der Waals surface area (Å²) >= 11 is 6.08. The van der Waals surface area contributed by atoms with E-state index in [4.69, 9.17) is 11.6 Å². The van der Waals surface area contributed by atoms with Crippen LogP contribution in [0.3, 0.4) is 0 Å². The maximum Gasteiger partial charge on any atom is 0.287 e. The topological polar surface area (TPSA) is 46.9 Å². The van der Waals surface area contributed by atoms with Crippen LogP contribution >= 0.6 is 11.6 Å². The predicted octanol–water partition coefficient (Wildman–Crippen LogP) is 3.33. The van der Waals surface area contributed by atoms with Gasteiger partial charge < -0.3 is 5.32 Å². The van der Waals surface area contributed by atoms with Crippen molar-refractivity contribution < 1.29 is 0 Å². The van der Waals surface area contributed by atoms with Crippen LogP contribution in [0.5, 0.6) is 0 Å². The molecule has 0 atom stereocenters. The zero-order valence-electron chi connectivity index (χ0n) is 11.7. The normalized spacial score (nSPS) is 11.9. The molecule has 0 bridgehead atoms. The molecule has 0 fully saturated rings. The highest BCUT2D eigenvalue weighted by atomic mass is 35.5. The average molecular weight is 272 g/mol. The van der Waals surface area contributed by atoms with Crippen LogP contribution in [-0.4, -0.2) is 16.3 Å². The lowest BCUT2D eigenvalue weighted by Crippen LogP contribution is -2.27. The number of hydrogen-bond acceptors (Lipinski definition) is 3. The van der Waals surface area contributed by atoms with E-state index in [1.807, 2.05) is 13.8 Å². The van der Waals surface area contributed by atoms with E-state index in [1.165, 1.54) is 4.68 Å². The van der Waals surface area contributed by atoms with Crippen molar-refractivity contribution in [1.82, 2.24) is 9.78 Å². The molecule has 1 aromatic rings. The fraction of sp³-hybridized carbons (Fsp3) is 0.692. The Labute approximate surface area is 113 Å². The Bertz CT molecular complexity index is 466. The minimum atomic E-state index is -0.244. The van der Waals surface area contributed by atoms with Gasteiger partial charge in [-0.3, -0.25) is 4.79 Å². The van der Waals surface area contributed by atoms with Gasteiger partial charge in [0, 0.05) is 6.54 Å². The Hall–Kier alpha value is -1.03. The van der Waals surface area contributed by atoms with Crippen molar-refractivity contribution in [3.8, 4) is 0 Å². The molecule has 0 radical (unpaired) electrons. The highest BCUT2D eigenvalue weighted by molar-refractivity contribution is 6.32. The lowest BCUT2D eigenvalue weighted by atomic mass is 9.90. The van der Waals surface area contributed by atoms with Crippen molar-refractivity contribution in [2.24, 2.45) is 5.41 Å². The van der Waals surface area contributed by atoms with Gasteiger partial charge in [-0.15, -0.1) is 0 Å². The van der Waals surface area contributed by atoms with E-state index in [2.05, 4.69) is 31.2 Å². The van der Waals surface area contributed by atoms with Crippen LogP contribution in [0.4, 0.5) is 5.69 Å². The largest absolute Gasteiger partial charge is 0.382 e. The first kappa shape index (κ1) is 15.0. The van der Waals surface area contributed by atoms with Gasteiger partial charge in [0.1, 0.15) is 5.02 Å². The number of nitrogens with zero attached hydrogens (tertiary/aromatic N) is 2. The van der Waals surface area contributed by atoms with Crippen molar-refractivity contribution in [3.63, 3.8) is 0 Å². The molecule has 0 spiro atoms. The Kier molecular flexibility index (Phi) is 4.79. The minimum absolute atomic E-state index is 0.0103. The quantitative estimate of drug-likeness (QED) is 0.894. The molecule has 0 aliphatic heterocycles. The number of anilines is 1. The first-order chi connectivity index (χ1) is 8.28. The molecule has 0 aromatic carbocycles. The molecule has 0 aliphatic carbocycles. The summed E-state index contributed by atoms with van der Waals surface area (Å²) in [4.78, 5) is 12.0. The third-order valence-electron chi connectivity index (χ3n) is 3.15. The Morgan fingerprint density at radius 1 is 1.50 bits per heavy atom. The zero-order valence-corrected chi connectivity index (χ0v) is 12.5. The lowest BCUT2D eigenvalue weighted by molar-refractivity contribution is 0.377. The van der Waals surface area contributed by atoms with Gasteiger partial charge in [-0.1, -0.05) is 32.4 Å². The fourth-order valence-corrected chi connectivity index (χ4v) is 1.60. The molecule has 0 aliphatic rings. The van der Waals surface area contributed by atoms with Crippen LogP contribution < -0.4 is 10.9 Å². The zero-order chi connectivity index (χ0) is 13.9. The molecule has 0 saturated heterocycles. The third kappa shape index (κ3) is 3.48. The smallest absolute Gasteiger partial charge is 0.287 e. The van der Waals surface area contributed by atoms with Gasteiger partial charge in [-0.05, 0) is 25.7 Å². The van der Waals surface area contributed by atoms with Crippen molar-refractivity contribution in [3.05, 3.63) is 21.6 Å². The van der Waals surface area contributed by atoms with E-state index in [9.17, 15) is 4.79 Å². The predicted molar refractivity (Wildman–Crippen MR) is 76.5 cm³/mol. The molecule has 18 heavy (non-hydrogen) atoms. The second-order valence-electron chi connectivity index (χ2n) is 5.59. The summed E-state index contributed by atoms with van der Waals surface area (Å²) in [5.74, 6) is 0. The summed E-state index contributed by atoms with van der Waals surface area (Å²) in [5.41, 5.74) is 0.530. The van der Waals surface area contributed by atoms with E-state index in [-0.39, 0.29) is 22.0 Å². The van der Waals surface area contributed by atoms with Gasteiger partial charge in [0.2, 0.25) is 0 Å². The van der Waals surface area contributed by atoms with Crippen molar-refractivity contribution in [1.29, 1.82) is 0 Å². The summed E-state index contributed by atoms with van der Waals surface area (Å²) in [6, 6.07) is 0.0103. The molecular formula is C13H22ClN3O. The number of rotatable bonds is 5. The highest BCUT2D eigenvalue weighted by Gasteiger charge is 2.17. The van der Waals surface area contributed by atoms with Gasteiger partial charge in [-0.25, -0.2) is 4.68 Å². The molecule has 1 aromatic heterocycles. The maximum absolute atomic E-state index is 12.0. The maximum atomic E-state index is 12.0. The van der Waals surface area contributed by atoms with Crippen molar-refractivity contribution in [2.45, 2.75) is 47.1 Å². The van der Waals surface area contributed by atoms with Crippen LogP contribution in [0.1, 0.15) is 47.1 Å². The van der Waals surface area contributed by atoms with Crippen LogP contribution in [0.2, 0.25) is 5.02 Å². The third-order valence-corrected chi connectivity index (χ3v) is 3.51. The molecule has 0 unspecified atom stereocenters. The first-order valence-electron chi connectivity index (χ1n) is 6.29. The molecule has 1 rings (SSSR count). The molecule has 5 heteroatoms. The van der Waals surface area contributed by atoms with Gasteiger partial charge in [0.25, 0.3) is 5.56 Å². The van der Waals surface area contributed by atoms with E-state index < -0.39 is 0 Å². The van der Waals surface area contributed by atoms with Crippen LogP contribution in [0.25, 0.3) is 0 Å². The molecule has 1 N–H and O–H groups in total. The van der Waals surface area contributed by atoms with E-state index in [0.29, 0.717) is 5.69 Å². The molecular weight excluding hydrogens is 250 g/mol. The van der Waals surface area contributed by atoms with E-state index in [0.717, 1.165) is 13.0 Å². The number of halogens is 1. The van der Waals surface area contributed by atoms with Crippen molar-refractivity contribution in [2.75, 3.05) is 11.9 Å². The van der Waals surface area contributed by atoms with Gasteiger partial charge in [0.05, 0.1) is 17.9 Å². The van der Waals surface area contributed by atoms with Gasteiger partial charge in [0.15, 0.2) is 0 Å². The number of hydrogen-bond donors (Lipinski definition) is 1.